The topological polar surface area (TPSA) is 160 Å². The van der Waals surface area contributed by atoms with E-state index in [1.54, 1.807) is 19.2 Å². The molecule has 0 bridgehead atoms. The Labute approximate surface area is 256 Å². The Kier molecular flexibility index (Phi) is 13.2. The third-order valence-electron chi connectivity index (χ3n) is 6.37. The zero-order chi connectivity index (χ0) is 31.0. The van der Waals surface area contributed by atoms with Crippen molar-refractivity contribution < 1.29 is 19.1 Å². The molecule has 1 heterocycles. The van der Waals surface area contributed by atoms with Gasteiger partial charge in [-0.25, -0.2) is 4.79 Å². The summed E-state index contributed by atoms with van der Waals surface area (Å²) in [5, 5.41) is 20.9. The number of anilines is 1. The van der Waals surface area contributed by atoms with Crippen LogP contribution in [0.3, 0.4) is 0 Å². The molecule has 3 rings (SSSR count). The van der Waals surface area contributed by atoms with Gasteiger partial charge in [-0.1, -0.05) is 65.9 Å². The molecule has 11 nitrogen and oxygen atoms in total. The van der Waals surface area contributed by atoms with Gasteiger partial charge in [0, 0.05) is 19.2 Å². The lowest BCUT2D eigenvalue weighted by molar-refractivity contribution is -0.120. The van der Waals surface area contributed by atoms with E-state index in [2.05, 4.69) is 36.2 Å². The van der Waals surface area contributed by atoms with Gasteiger partial charge in [-0.3, -0.25) is 9.59 Å². The molecule has 0 spiro atoms. The van der Waals surface area contributed by atoms with Crippen molar-refractivity contribution in [1.29, 1.82) is 0 Å². The van der Waals surface area contributed by atoms with Crippen molar-refractivity contribution in [2.45, 2.75) is 51.5 Å². The van der Waals surface area contributed by atoms with Crippen molar-refractivity contribution in [3.63, 3.8) is 0 Å². The number of carbonyl (C=O) groups excluding carboxylic acids is 3. The molecule has 0 aliphatic rings. The van der Waals surface area contributed by atoms with Gasteiger partial charge in [-0.15, -0.1) is 10.2 Å². The Hall–Kier alpha value is -4.71. The number of aryl methyl sites for hydroxylation is 1. The number of ether oxygens (including phenoxy) is 1. The number of hydrogen-bond acceptors (Lipinski definition) is 9. The fraction of sp³-hybridized carbons (Fsp3) is 0.323. The minimum Gasteiger partial charge on any atom is -0.453 e. The molecule has 12 heteroatoms. The lowest BCUT2D eigenvalue weighted by atomic mass is 10.0. The maximum atomic E-state index is 12.6. The summed E-state index contributed by atoms with van der Waals surface area (Å²) < 4.78 is 4.64. The van der Waals surface area contributed by atoms with E-state index in [1.807, 2.05) is 61.5 Å². The number of amides is 3. The minimum atomic E-state index is -0.514. The van der Waals surface area contributed by atoms with Crippen LogP contribution in [0.4, 0.5) is 9.93 Å². The highest BCUT2D eigenvalue weighted by Crippen LogP contribution is 2.19. The summed E-state index contributed by atoms with van der Waals surface area (Å²) in [4.78, 5) is 36.4. The van der Waals surface area contributed by atoms with Crippen LogP contribution in [-0.2, 0) is 33.6 Å². The third-order valence-corrected chi connectivity index (χ3v) is 7.27. The Balaban J connectivity index is 1.39. The van der Waals surface area contributed by atoms with Crippen LogP contribution in [0.25, 0.3) is 0 Å². The Morgan fingerprint density at radius 3 is 2.47 bits per heavy atom. The first-order valence-corrected chi connectivity index (χ1v) is 14.8. The third kappa shape index (κ3) is 12.0. The van der Waals surface area contributed by atoms with Crippen molar-refractivity contribution in [3.8, 4) is 0 Å². The summed E-state index contributed by atoms with van der Waals surface area (Å²) in [5.74, 6) is 0.266. The maximum Gasteiger partial charge on any atom is 0.407 e. The Morgan fingerprint density at radius 1 is 0.977 bits per heavy atom. The molecule has 228 valence electrons. The van der Waals surface area contributed by atoms with Crippen molar-refractivity contribution >= 4 is 34.4 Å². The number of allylic oxidation sites excluding steroid dienone is 3. The molecular weight excluding hydrogens is 566 g/mol. The molecule has 1 unspecified atom stereocenters. The number of unbranched alkanes of at least 4 members (excludes halogenated alkanes) is 1. The minimum absolute atomic E-state index is 0.111. The largest absolute Gasteiger partial charge is 0.453 e. The van der Waals surface area contributed by atoms with Gasteiger partial charge in [-0.05, 0) is 55.0 Å². The fourth-order valence-electron chi connectivity index (χ4n) is 4.09. The number of methoxy groups -OCH3 is 1. The Morgan fingerprint density at radius 2 is 1.72 bits per heavy atom. The molecule has 0 fully saturated rings. The molecule has 3 aromatic rings. The summed E-state index contributed by atoms with van der Waals surface area (Å²) in [5.41, 5.74) is 9.50. The van der Waals surface area contributed by atoms with Gasteiger partial charge in [0.1, 0.15) is 10.8 Å². The van der Waals surface area contributed by atoms with E-state index in [9.17, 15) is 14.4 Å². The lowest BCUT2D eigenvalue weighted by Crippen LogP contribution is -2.30. The number of nitrogens with two attached hydrogens (primary N) is 1. The molecule has 0 saturated heterocycles. The van der Waals surface area contributed by atoms with Crippen molar-refractivity contribution in [3.05, 3.63) is 100.0 Å². The normalized spacial score (nSPS) is 12.3. The van der Waals surface area contributed by atoms with Gasteiger partial charge in [0.15, 0.2) is 0 Å². The van der Waals surface area contributed by atoms with Crippen molar-refractivity contribution in [1.82, 2.24) is 26.1 Å². The molecule has 3 amide bonds. The van der Waals surface area contributed by atoms with E-state index >= 15 is 0 Å². The number of benzene rings is 2. The smallest absolute Gasteiger partial charge is 0.407 e. The van der Waals surface area contributed by atoms with Gasteiger partial charge in [0.2, 0.25) is 16.9 Å². The monoisotopic (exact) mass is 605 g/mol. The van der Waals surface area contributed by atoms with E-state index in [-0.39, 0.29) is 24.3 Å². The number of rotatable bonds is 15. The molecule has 1 aromatic heterocycles. The SMILES string of the molecule is CN/C(=C\C=C(/N)CCCCc1nnc(NC(=O)Cc2cccc(C(C)NC(=O)OC)c2)s1)NC(=O)Cc1ccccc1. The van der Waals surface area contributed by atoms with Gasteiger partial charge in [-0.2, -0.15) is 0 Å². The summed E-state index contributed by atoms with van der Waals surface area (Å²) in [6.07, 6.45) is 6.63. The van der Waals surface area contributed by atoms with Gasteiger partial charge in [0.05, 0.1) is 26.0 Å². The van der Waals surface area contributed by atoms with E-state index < -0.39 is 6.09 Å². The molecule has 6 N–H and O–H groups in total. The Bertz CT molecular complexity index is 1420. The molecule has 2 aromatic carbocycles. The van der Waals surface area contributed by atoms with Crippen LogP contribution < -0.4 is 27.0 Å². The van der Waals surface area contributed by atoms with E-state index in [0.29, 0.717) is 29.5 Å². The van der Waals surface area contributed by atoms with Crippen molar-refractivity contribution in [2.75, 3.05) is 19.5 Å². The highest BCUT2D eigenvalue weighted by Gasteiger charge is 2.13. The summed E-state index contributed by atoms with van der Waals surface area (Å²) in [7, 11) is 3.05. The van der Waals surface area contributed by atoms with Crippen LogP contribution >= 0.6 is 11.3 Å². The van der Waals surface area contributed by atoms with E-state index in [1.165, 1.54) is 18.4 Å². The quantitative estimate of drug-likeness (QED) is 0.128. The predicted molar refractivity (Wildman–Crippen MR) is 168 cm³/mol. The van der Waals surface area contributed by atoms with Crippen LogP contribution in [0.2, 0.25) is 0 Å². The van der Waals surface area contributed by atoms with Crippen LogP contribution in [0.1, 0.15) is 53.9 Å². The molecule has 43 heavy (non-hydrogen) atoms. The highest BCUT2D eigenvalue weighted by atomic mass is 32.1. The first kappa shape index (κ1) is 32.8. The zero-order valence-electron chi connectivity index (χ0n) is 24.7. The molecule has 0 aliphatic heterocycles. The molecule has 0 saturated carbocycles. The van der Waals surface area contributed by atoms with Crippen molar-refractivity contribution in [2.24, 2.45) is 5.73 Å². The zero-order valence-corrected chi connectivity index (χ0v) is 25.5. The molecule has 0 radical (unpaired) electrons. The molecule has 1 atom stereocenters. The summed E-state index contributed by atoms with van der Waals surface area (Å²) >= 11 is 1.35. The van der Waals surface area contributed by atoms with Crippen LogP contribution in [0.15, 0.2) is 78.3 Å². The molecular formula is C31H39N7O4S. The first-order valence-electron chi connectivity index (χ1n) is 14.0. The maximum absolute atomic E-state index is 12.6. The second-order valence-electron chi connectivity index (χ2n) is 9.82. The average molecular weight is 606 g/mol. The lowest BCUT2D eigenvalue weighted by Gasteiger charge is -2.14. The summed E-state index contributed by atoms with van der Waals surface area (Å²) in [6.45, 7) is 1.84. The number of alkyl carbamates (subject to hydrolysis) is 1. The second kappa shape index (κ2) is 17.3. The van der Waals surface area contributed by atoms with Gasteiger partial charge >= 0.3 is 6.09 Å². The predicted octanol–water partition coefficient (Wildman–Crippen LogP) is 4.11. The number of nitrogens with one attached hydrogen (secondary N) is 4. The van der Waals surface area contributed by atoms with Crippen LogP contribution in [-0.4, -0.2) is 42.3 Å². The fourth-order valence-corrected chi connectivity index (χ4v) is 4.89. The van der Waals surface area contributed by atoms with Crippen LogP contribution in [0.5, 0.6) is 0 Å². The van der Waals surface area contributed by atoms with Gasteiger partial charge < -0.3 is 31.7 Å². The average Bonchev–Trinajstić information content (AvgIpc) is 3.44. The first-order chi connectivity index (χ1) is 20.7. The van der Waals surface area contributed by atoms with Gasteiger partial charge in [0.25, 0.3) is 0 Å². The van der Waals surface area contributed by atoms with E-state index in [4.69, 9.17) is 5.73 Å². The standard InChI is InChI=1S/C31H39N7O4S/c1-21(34-31(41)42-3)24-13-9-12-23(18-24)20-28(40)36-30-38-37-29(43-30)15-8-7-14-25(32)16-17-26(33-2)35-27(39)19-22-10-5-4-6-11-22/h4-6,9-13,16-18,21,33H,7-8,14-15,19-20,32H2,1-3H3,(H,34,41)(H,35,39)(H,36,38,40)/b25-16-,26-17+. The van der Waals surface area contributed by atoms with E-state index in [0.717, 1.165) is 41.0 Å². The highest BCUT2D eigenvalue weighted by molar-refractivity contribution is 7.15. The number of hydrogen-bond donors (Lipinski definition) is 5. The summed E-state index contributed by atoms with van der Waals surface area (Å²) in [6, 6.07) is 16.8. The number of carbonyl (C=O) groups is 3. The number of nitrogens with zero attached hydrogens (tertiary/aromatic N) is 2. The second-order valence-corrected chi connectivity index (χ2v) is 10.9. The molecule has 0 aliphatic carbocycles. The number of aromatic nitrogens is 2. The van der Waals surface area contributed by atoms with Crippen LogP contribution in [0, 0.1) is 0 Å².